The molecule has 3 N–H and O–H groups in total. The lowest BCUT2D eigenvalue weighted by atomic mass is 9.50. The fraction of sp³-hybridized carbons (Fsp3) is 0.458. The van der Waals surface area contributed by atoms with Gasteiger partial charge in [0.05, 0.1) is 11.2 Å². The summed E-state index contributed by atoms with van der Waals surface area (Å²) in [6, 6.07) is 13.9. The van der Waals surface area contributed by atoms with Crippen LogP contribution >= 0.6 is 0 Å². The van der Waals surface area contributed by atoms with Gasteiger partial charge in [-0.05, 0) is 73.8 Å². The van der Waals surface area contributed by atoms with E-state index in [1.54, 1.807) is 6.07 Å². The molecule has 0 saturated heterocycles. The van der Waals surface area contributed by atoms with Gasteiger partial charge in [-0.2, -0.15) is 13.2 Å². The minimum absolute atomic E-state index is 0.00823. The zero-order chi connectivity index (χ0) is 22.7. The normalized spacial score (nSPS) is 32.8. The molecule has 0 bridgehead atoms. The maximum absolute atomic E-state index is 13.7. The van der Waals surface area contributed by atoms with E-state index in [0.717, 1.165) is 5.56 Å². The summed E-state index contributed by atoms with van der Waals surface area (Å²) in [6.45, 7) is 1.51. The highest BCUT2D eigenvalue weighted by Gasteiger charge is 2.63. The number of hydrogen-bond acceptors (Lipinski definition) is 3. The van der Waals surface area contributed by atoms with Crippen LogP contribution in [0.2, 0.25) is 0 Å². The van der Waals surface area contributed by atoms with Crippen LogP contribution in [0.4, 0.5) is 13.2 Å². The predicted octanol–water partition coefficient (Wildman–Crippen LogP) is 4.57. The van der Waals surface area contributed by atoms with Crippen LogP contribution in [0.3, 0.4) is 0 Å². The summed E-state index contributed by atoms with van der Waals surface area (Å²) in [5, 5.41) is 31.1. The maximum atomic E-state index is 13.7. The van der Waals surface area contributed by atoms with E-state index in [1.165, 1.54) is 19.1 Å². The molecule has 31 heavy (non-hydrogen) atoms. The van der Waals surface area contributed by atoms with E-state index in [1.807, 2.05) is 30.3 Å². The van der Waals surface area contributed by atoms with Crippen molar-refractivity contribution in [3.63, 3.8) is 0 Å². The molecule has 2 aliphatic carbocycles. The highest BCUT2D eigenvalue weighted by Crippen LogP contribution is 2.60. The number of alkyl halides is 3. The molecule has 0 aliphatic heterocycles. The molecule has 7 heteroatoms. The molecule has 4 unspecified atom stereocenters. The quantitative estimate of drug-likeness (QED) is 0.661. The second kappa shape index (κ2) is 7.07. The van der Waals surface area contributed by atoms with Gasteiger partial charge in [0.2, 0.25) is 0 Å². The van der Waals surface area contributed by atoms with Crippen molar-refractivity contribution in [2.45, 2.75) is 61.8 Å². The standard InChI is InChI=1S/C24H25F3O4/c1-21(30)13-17-14-23(31,24(25,26)27)10-9-22(17,12-15-5-3-2-4-6-15)18-8-7-16(20(28)29)11-19(18)21/h2-8,11,17,30-31H,9-10,12-14H2,1H3,(H,28,29). The first kappa shape index (κ1) is 21.8. The maximum Gasteiger partial charge on any atom is 0.417 e. The first-order valence-corrected chi connectivity index (χ1v) is 10.3. The number of carboxylic acid groups (broad SMARTS) is 1. The summed E-state index contributed by atoms with van der Waals surface area (Å²) in [5.74, 6) is -1.76. The van der Waals surface area contributed by atoms with Gasteiger partial charge in [-0.15, -0.1) is 0 Å². The van der Waals surface area contributed by atoms with Gasteiger partial charge in [0.25, 0.3) is 0 Å². The third-order valence-electron chi connectivity index (χ3n) is 7.27. The second-order valence-electron chi connectivity index (χ2n) is 9.29. The molecular weight excluding hydrogens is 409 g/mol. The molecule has 4 rings (SSSR count). The number of carbonyl (C=O) groups is 1. The third kappa shape index (κ3) is 3.53. The highest BCUT2D eigenvalue weighted by atomic mass is 19.4. The van der Waals surface area contributed by atoms with Crippen LogP contribution in [0, 0.1) is 5.92 Å². The minimum atomic E-state index is -4.76. The first-order valence-electron chi connectivity index (χ1n) is 10.3. The Balaban J connectivity index is 1.89. The van der Waals surface area contributed by atoms with E-state index in [0.29, 0.717) is 17.5 Å². The molecule has 2 aromatic rings. The van der Waals surface area contributed by atoms with Crippen LogP contribution in [-0.4, -0.2) is 33.1 Å². The summed E-state index contributed by atoms with van der Waals surface area (Å²) in [7, 11) is 0. The van der Waals surface area contributed by atoms with Crippen LogP contribution < -0.4 is 0 Å². The van der Waals surface area contributed by atoms with Gasteiger partial charge in [0, 0.05) is 5.41 Å². The SMILES string of the molecule is CC1(O)CC2CC(O)(C(F)(F)F)CCC2(Cc2ccccc2)c2ccc(C(=O)O)cc21. The number of aliphatic hydroxyl groups is 2. The first-order chi connectivity index (χ1) is 14.4. The van der Waals surface area contributed by atoms with Crippen molar-refractivity contribution in [1.29, 1.82) is 0 Å². The largest absolute Gasteiger partial charge is 0.478 e. The zero-order valence-corrected chi connectivity index (χ0v) is 17.1. The molecule has 1 fully saturated rings. The Morgan fingerprint density at radius 2 is 1.71 bits per heavy atom. The molecule has 166 valence electrons. The van der Waals surface area contributed by atoms with Crippen molar-refractivity contribution in [2.24, 2.45) is 5.92 Å². The van der Waals surface area contributed by atoms with Crippen molar-refractivity contribution in [3.05, 3.63) is 70.8 Å². The molecule has 4 atom stereocenters. The van der Waals surface area contributed by atoms with E-state index in [4.69, 9.17) is 0 Å². The van der Waals surface area contributed by atoms with Gasteiger partial charge >= 0.3 is 12.1 Å². The Bertz CT molecular complexity index is 1000. The van der Waals surface area contributed by atoms with Crippen LogP contribution in [0.5, 0.6) is 0 Å². The van der Waals surface area contributed by atoms with E-state index >= 15 is 0 Å². The Morgan fingerprint density at radius 3 is 2.32 bits per heavy atom. The Hall–Kier alpha value is -2.38. The lowest BCUT2D eigenvalue weighted by Gasteiger charge is -2.56. The molecule has 4 nitrogen and oxygen atoms in total. The Kier molecular flexibility index (Phi) is 4.98. The van der Waals surface area contributed by atoms with Gasteiger partial charge in [-0.1, -0.05) is 36.4 Å². The summed E-state index contributed by atoms with van der Waals surface area (Å²) in [4.78, 5) is 11.5. The summed E-state index contributed by atoms with van der Waals surface area (Å²) < 4.78 is 41.1. The van der Waals surface area contributed by atoms with Crippen LogP contribution in [0.1, 0.15) is 59.7 Å². The highest BCUT2D eigenvalue weighted by molar-refractivity contribution is 5.88. The molecule has 0 amide bonds. The fourth-order valence-electron chi connectivity index (χ4n) is 5.65. The lowest BCUT2D eigenvalue weighted by Crippen LogP contribution is -2.58. The van der Waals surface area contributed by atoms with Crippen LogP contribution in [-0.2, 0) is 17.4 Å². The number of benzene rings is 2. The zero-order valence-electron chi connectivity index (χ0n) is 17.1. The minimum Gasteiger partial charge on any atom is -0.478 e. The molecule has 1 saturated carbocycles. The van der Waals surface area contributed by atoms with Gasteiger partial charge < -0.3 is 15.3 Å². The van der Waals surface area contributed by atoms with Gasteiger partial charge in [-0.25, -0.2) is 4.79 Å². The van der Waals surface area contributed by atoms with Crippen molar-refractivity contribution in [2.75, 3.05) is 0 Å². The topological polar surface area (TPSA) is 77.8 Å². The smallest absolute Gasteiger partial charge is 0.417 e. The Morgan fingerprint density at radius 1 is 1.03 bits per heavy atom. The van der Waals surface area contributed by atoms with E-state index in [2.05, 4.69) is 0 Å². The van der Waals surface area contributed by atoms with E-state index in [-0.39, 0.29) is 18.4 Å². The van der Waals surface area contributed by atoms with Crippen molar-refractivity contribution < 1.29 is 33.3 Å². The fourth-order valence-corrected chi connectivity index (χ4v) is 5.65. The summed E-state index contributed by atoms with van der Waals surface area (Å²) >= 11 is 0. The number of fused-ring (bicyclic) bond motifs is 3. The number of hydrogen-bond donors (Lipinski definition) is 3. The molecule has 2 aromatic carbocycles. The molecule has 0 aromatic heterocycles. The van der Waals surface area contributed by atoms with Gasteiger partial charge in [-0.3, -0.25) is 0 Å². The predicted molar refractivity (Wildman–Crippen MR) is 108 cm³/mol. The number of halogens is 3. The van der Waals surface area contributed by atoms with Crippen molar-refractivity contribution >= 4 is 5.97 Å². The molecular formula is C24H25F3O4. The van der Waals surface area contributed by atoms with E-state index < -0.39 is 47.5 Å². The monoisotopic (exact) mass is 434 g/mol. The third-order valence-corrected chi connectivity index (χ3v) is 7.27. The van der Waals surface area contributed by atoms with Crippen LogP contribution in [0.25, 0.3) is 0 Å². The molecule has 2 aliphatic rings. The number of aromatic carboxylic acids is 1. The molecule has 0 heterocycles. The van der Waals surface area contributed by atoms with Crippen LogP contribution in [0.15, 0.2) is 48.5 Å². The Labute approximate surface area is 178 Å². The lowest BCUT2D eigenvalue weighted by molar-refractivity contribution is -0.281. The van der Waals surface area contributed by atoms with Gasteiger partial charge in [0.1, 0.15) is 0 Å². The van der Waals surface area contributed by atoms with Crippen molar-refractivity contribution in [1.82, 2.24) is 0 Å². The molecule has 0 radical (unpaired) electrons. The molecule has 0 spiro atoms. The van der Waals surface area contributed by atoms with Gasteiger partial charge in [0.15, 0.2) is 5.60 Å². The van der Waals surface area contributed by atoms with Crippen molar-refractivity contribution in [3.8, 4) is 0 Å². The summed E-state index contributed by atoms with van der Waals surface area (Å²) in [5.41, 5.74) is -2.96. The average molecular weight is 434 g/mol. The van der Waals surface area contributed by atoms with E-state index in [9.17, 15) is 33.3 Å². The number of carboxylic acids is 1. The summed E-state index contributed by atoms with van der Waals surface area (Å²) in [6.07, 6.45) is -5.17. The number of rotatable bonds is 3. The second-order valence-corrected chi connectivity index (χ2v) is 9.29. The average Bonchev–Trinajstić information content (AvgIpc) is 2.69.